The van der Waals surface area contributed by atoms with Crippen molar-refractivity contribution in [3.8, 4) is 11.5 Å². The fourth-order valence-corrected chi connectivity index (χ4v) is 3.54. The van der Waals surface area contributed by atoms with E-state index in [4.69, 9.17) is 9.47 Å². The third-order valence-corrected chi connectivity index (χ3v) is 4.88. The van der Waals surface area contributed by atoms with E-state index < -0.39 is 0 Å². The molecule has 0 aromatic heterocycles. The van der Waals surface area contributed by atoms with E-state index in [-0.39, 0.29) is 24.3 Å². The molecule has 142 valence electrons. The Morgan fingerprint density at radius 3 is 2.63 bits per heavy atom. The second-order valence-corrected chi connectivity index (χ2v) is 6.50. The standard InChI is InChI=1S/C21H24N2O4/c1-14(24)23-11-10-15-6-4-5-7-17(15)19(23)13-21(25)22-18-12-16(26-2)8-9-20(18)27-3/h4-9,12,19H,10-11,13H2,1-3H3,(H,22,25). The molecule has 0 aliphatic carbocycles. The minimum atomic E-state index is -0.274. The predicted molar refractivity (Wildman–Crippen MR) is 103 cm³/mol. The minimum absolute atomic E-state index is 0.0266. The number of nitrogens with zero attached hydrogens (tertiary/aromatic N) is 1. The Hall–Kier alpha value is -3.02. The topological polar surface area (TPSA) is 67.9 Å². The lowest BCUT2D eigenvalue weighted by Gasteiger charge is -2.36. The van der Waals surface area contributed by atoms with Crippen LogP contribution in [0.5, 0.6) is 11.5 Å². The molecule has 0 saturated carbocycles. The number of ether oxygens (including phenoxy) is 2. The Kier molecular flexibility index (Phi) is 5.64. The third kappa shape index (κ3) is 4.05. The molecule has 0 fully saturated rings. The Labute approximate surface area is 159 Å². The van der Waals surface area contributed by atoms with Gasteiger partial charge in [0.1, 0.15) is 11.5 Å². The van der Waals surface area contributed by atoms with E-state index >= 15 is 0 Å². The molecule has 1 aliphatic rings. The number of hydrogen-bond acceptors (Lipinski definition) is 4. The molecule has 27 heavy (non-hydrogen) atoms. The lowest BCUT2D eigenvalue weighted by atomic mass is 9.90. The number of benzene rings is 2. The predicted octanol–water partition coefficient (Wildman–Crippen LogP) is 3.18. The van der Waals surface area contributed by atoms with Crippen molar-refractivity contribution < 1.29 is 19.1 Å². The molecule has 6 nitrogen and oxygen atoms in total. The highest BCUT2D eigenvalue weighted by Crippen LogP contribution is 2.34. The van der Waals surface area contributed by atoms with Crippen LogP contribution in [0.15, 0.2) is 42.5 Å². The van der Waals surface area contributed by atoms with Gasteiger partial charge in [0, 0.05) is 19.5 Å². The number of carbonyl (C=O) groups is 2. The summed E-state index contributed by atoms with van der Waals surface area (Å²) in [5, 5.41) is 2.89. The molecule has 2 aromatic rings. The summed E-state index contributed by atoms with van der Waals surface area (Å²) >= 11 is 0. The molecule has 1 atom stereocenters. The average Bonchev–Trinajstić information content (AvgIpc) is 2.67. The van der Waals surface area contributed by atoms with E-state index in [1.165, 1.54) is 5.56 Å². The lowest BCUT2D eigenvalue weighted by Crippen LogP contribution is -2.40. The summed E-state index contributed by atoms with van der Waals surface area (Å²) in [5.41, 5.74) is 2.76. The van der Waals surface area contributed by atoms with Gasteiger partial charge in [-0.15, -0.1) is 0 Å². The van der Waals surface area contributed by atoms with Crippen LogP contribution < -0.4 is 14.8 Å². The van der Waals surface area contributed by atoms with Crippen molar-refractivity contribution in [3.63, 3.8) is 0 Å². The van der Waals surface area contributed by atoms with Gasteiger partial charge in [0.25, 0.3) is 0 Å². The fourth-order valence-electron chi connectivity index (χ4n) is 3.54. The van der Waals surface area contributed by atoms with Gasteiger partial charge in [0.2, 0.25) is 11.8 Å². The van der Waals surface area contributed by atoms with Crippen LogP contribution in [0.25, 0.3) is 0 Å². The highest BCUT2D eigenvalue weighted by atomic mass is 16.5. The molecule has 2 aromatic carbocycles. The Morgan fingerprint density at radius 1 is 1.15 bits per heavy atom. The quantitative estimate of drug-likeness (QED) is 0.880. The lowest BCUT2D eigenvalue weighted by molar-refractivity contribution is -0.132. The van der Waals surface area contributed by atoms with Crippen LogP contribution in [0.1, 0.15) is 30.5 Å². The van der Waals surface area contributed by atoms with Gasteiger partial charge >= 0.3 is 0 Å². The number of methoxy groups -OCH3 is 2. The van der Waals surface area contributed by atoms with Gasteiger partial charge in [0.15, 0.2) is 0 Å². The van der Waals surface area contributed by atoms with Crippen molar-refractivity contribution in [2.24, 2.45) is 0 Å². The monoisotopic (exact) mass is 368 g/mol. The summed E-state index contributed by atoms with van der Waals surface area (Å²) in [7, 11) is 3.11. The number of rotatable bonds is 5. The molecule has 1 unspecified atom stereocenters. The van der Waals surface area contributed by atoms with Gasteiger partial charge < -0.3 is 19.7 Å². The number of nitrogens with one attached hydrogen (secondary N) is 1. The summed E-state index contributed by atoms with van der Waals surface area (Å²) in [6.45, 7) is 2.16. The summed E-state index contributed by atoms with van der Waals surface area (Å²) in [6.07, 6.45) is 0.981. The summed E-state index contributed by atoms with van der Waals surface area (Å²) < 4.78 is 10.5. The second kappa shape index (κ2) is 8.12. The van der Waals surface area contributed by atoms with E-state index in [1.807, 2.05) is 18.2 Å². The molecule has 0 bridgehead atoms. The van der Waals surface area contributed by atoms with Gasteiger partial charge in [-0.05, 0) is 29.7 Å². The first-order valence-corrected chi connectivity index (χ1v) is 8.90. The maximum Gasteiger partial charge on any atom is 0.226 e. The van der Waals surface area contributed by atoms with Crippen molar-refractivity contribution in [1.82, 2.24) is 4.90 Å². The van der Waals surface area contributed by atoms with Crippen LogP contribution in [-0.4, -0.2) is 37.5 Å². The summed E-state index contributed by atoms with van der Waals surface area (Å²) in [6, 6.07) is 12.9. The first-order valence-electron chi connectivity index (χ1n) is 8.90. The number of amides is 2. The molecule has 2 amide bonds. The Bertz CT molecular complexity index is 850. The van der Waals surface area contributed by atoms with Crippen LogP contribution >= 0.6 is 0 Å². The Balaban J connectivity index is 1.83. The van der Waals surface area contributed by atoms with Gasteiger partial charge in [-0.25, -0.2) is 0 Å². The number of anilines is 1. The number of hydrogen-bond donors (Lipinski definition) is 1. The van der Waals surface area contributed by atoms with Crippen LogP contribution in [0.2, 0.25) is 0 Å². The third-order valence-electron chi connectivity index (χ3n) is 4.88. The summed E-state index contributed by atoms with van der Waals surface area (Å²) in [4.78, 5) is 26.6. The van der Waals surface area contributed by atoms with E-state index in [1.54, 1.807) is 44.2 Å². The maximum atomic E-state index is 12.8. The molecule has 1 aliphatic heterocycles. The van der Waals surface area contributed by atoms with Crippen molar-refractivity contribution in [1.29, 1.82) is 0 Å². The number of fused-ring (bicyclic) bond motifs is 1. The zero-order chi connectivity index (χ0) is 19.4. The van der Waals surface area contributed by atoms with Crippen molar-refractivity contribution in [3.05, 3.63) is 53.6 Å². The van der Waals surface area contributed by atoms with Crippen LogP contribution in [-0.2, 0) is 16.0 Å². The van der Waals surface area contributed by atoms with Crippen LogP contribution in [0.3, 0.4) is 0 Å². The van der Waals surface area contributed by atoms with Crippen LogP contribution in [0.4, 0.5) is 5.69 Å². The highest BCUT2D eigenvalue weighted by molar-refractivity contribution is 5.93. The smallest absolute Gasteiger partial charge is 0.226 e. The van der Waals surface area contributed by atoms with Crippen molar-refractivity contribution in [2.75, 3.05) is 26.1 Å². The van der Waals surface area contributed by atoms with Gasteiger partial charge in [-0.2, -0.15) is 0 Å². The molecule has 1 heterocycles. The van der Waals surface area contributed by atoms with E-state index in [2.05, 4.69) is 11.4 Å². The number of carbonyl (C=O) groups excluding carboxylic acids is 2. The van der Waals surface area contributed by atoms with Crippen LogP contribution in [0, 0.1) is 0 Å². The first-order chi connectivity index (χ1) is 13.0. The second-order valence-electron chi connectivity index (χ2n) is 6.50. The molecule has 0 spiro atoms. The normalized spacial score (nSPS) is 15.7. The fraction of sp³-hybridized carbons (Fsp3) is 0.333. The Morgan fingerprint density at radius 2 is 1.93 bits per heavy atom. The zero-order valence-corrected chi connectivity index (χ0v) is 15.8. The molecule has 1 N–H and O–H groups in total. The molecular formula is C21H24N2O4. The summed E-state index contributed by atoms with van der Waals surface area (Å²) in [5.74, 6) is 0.965. The van der Waals surface area contributed by atoms with Crippen molar-refractivity contribution in [2.45, 2.75) is 25.8 Å². The minimum Gasteiger partial charge on any atom is -0.497 e. The van der Waals surface area contributed by atoms with Gasteiger partial charge in [-0.1, -0.05) is 24.3 Å². The molecule has 0 saturated heterocycles. The molecule has 0 radical (unpaired) electrons. The highest BCUT2D eigenvalue weighted by Gasteiger charge is 2.30. The first kappa shape index (κ1) is 18.8. The zero-order valence-electron chi connectivity index (χ0n) is 15.8. The van der Waals surface area contributed by atoms with Crippen molar-refractivity contribution >= 4 is 17.5 Å². The van der Waals surface area contributed by atoms with Gasteiger partial charge in [0.05, 0.1) is 32.4 Å². The SMILES string of the molecule is COc1ccc(OC)c(NC(=O)CC2c3ccccc3CCN2C(C)=O)c1. The molecule has 3 rings (SSSR count). The molecular weight excluding hydrogens is 344 g/mol. The van der Waals surface area contributed by atoms with E-state index in [0.717, 1.165) is 12.0 Å². The molecule has 6 heteroatoms. The average molecular weight is 368 g/mol. The van der Waals surface area contributed by atoms with Gasteiger partial charge in [-0.3, -0.25) is 9.59 Å². The van der Waals surface area contributed by atoms with E-state index in [0.29, 0.717) is 23.7 Å². The maximum absolute atomic E-state index is 12.8. The van der Waals surface area contributed by atoms with E-state index in [9.17, 15) is 9.59 Å². The largest absolute Gasteiger partial charge is 0.497 e.